The summed E-state index contributed by atoms with van der Waals surface area (Å²) in [6, 6.07) is 0. The van der Waals surface area contributed by atoms with Gasteiger partial charge in [0.15, 0.2) is 0 Å². The van der Waals surface area contributed by atoms with Crippen LogP contribution in [0.1, 0.15) is 27.2 Å². The number of rotatable bonds is 3. The van der Waals surface area contributed by atoms with Crippen molar-refractivity contribution in [2.45, 2.75) is 35.3 Å². The van der Waals surface area contributed by atoms with E-state index in [0.29, 0.717) is 6.42 Å². The first-order chi connectivity index (χ1) is 7.62. The summed E-state index contributed by atoms with van der Waals surface area (Å²) in [5.74, 6) is -0.287. The fourth-order valence-corrected chi connectivity index (χ4v) is 2.87. The van der Waals surface area contributed by atoms with Crippen LogP contribution in [0.5, 0.6) is 0 Å². The predicted octanol–water partition coefficient (Wildman–Crippen LogP) is 2.45. The molecule has 0 bridgehead atoms. The number of carbonyl (C=O) groups is 2. The minimum atomic E-state index is -0.528. The zero-order valence-electron chi connectivity index (χ0n) is 9.81. The van der Waals surface area contributed by atoms with Gasteiger partial charge in [-0.15, -0.1) is 0 Å². The number of hydrogen-bond donors (Lipinski definition) is 2. The monoisotopic (exact) mass is 432 g/mol. The van der Waals surface area contributed by atoms with Gasteiger partial charge in [0.05, 0.1) is 13.5 Å². The van der Waals surface area contributed by atoms with Crippen LogP contribution in [0.15, 0.2) is 0 Å². The number of carbonyl (C=O) groups excluding carboxylic acids is 2. The Kier molecular flexibility index (Phi) is 4.69. The number of hydrogen-bond acceptors (Lipinski definition) is 2. The standard InChI is InChI=1S/C10H15Br3N2O2/c1-5(2)6(11)7(16)14-15-8(17)9(3)4-10(9,12)13/h5-6H,4H2,1-3H3,(H,14,16)(H,15,17)/t6-,9+/m1/s1. The van der Waals surface area contributed by atoms with E-state index in [4.69, 9.17) is 0 Å². The summed E-state index contributed by atoms with van der Waals surface area (Å²) in [6.07, 6.45) is 0.684. The van der Waals surface area contributed by atoms with E-state index in [9.17, 15) is 9.59 Å². The molecule has 0 aliphatic heterocycles. The average molecular weight is 435 g/mol. The van der Waals surface area contributed by atoms with Crippen LogP contribution < -0.4 is 10.9 Å². The molecule has 17 heavy (non-hydrogen) atoms. The summed E-state index contributed by atoms with van der Waals surface area (Å²) in [5.41, 5.74) is 4.34. The summed E-state index contributed by atoms with van der Waals surface area (Å²) in [7, 11) is 0. The molecule has 0 radical (unpaired) electrons. The van der Waals surface area contributed by atoms with Gasteiger partial charge >= 0.3 is 0 Å². The highest BCUT2D eigenvalue weighted by molar-refractivity contribution is 9.25. The van der Waals surface area contributed by atoms with Crippen molar-refractivity contribution in [1.29, 1.82) is 0 Å². The number of hydrazine groups is 1. The Hall–Kier alpha value is 0.380. The Bertz CT molecular complexity index is 346. The Morgan fingerprint density at radius 1 is 1.24 bits per heavy atom. The number of alkyl halides is 3. The van der Waals surface area contributed by atoms with Gasteiger partial charge in [-0.25, -0.2) is 0 Å². The first kappa shape index (κ1) is 15.4. The lowest BCUT2D eigenvalue weighted by Gasteiger charge is -2.17. The fraction of sp³-hybridized carbons (Fsp3) is 0.800. The highest BCUT2D eigenvalue weighted by atomic mass is 79.9. The molecular weight excluding hydrogens is 420 g/mol. The van der Waals surface area contributed by atoms with Gasteiger partial charge in [0.2, 0.25) is 5.91 Å². The maximum absolute atomic E-state index is 11.8. The van der Waals surface area contributed by atoms with Crippen LogP contribution in [0.25, 0.3) is 0 Å². The summed E-state index contributed by atoms with van der Waals surface area (Å²) < 4.78 is -0.354. The molecular formula is C10H15Br3N2O2. The topological polar surface area (TPSA) is 58.2 Å². The van der Waals surface area contributed by atoms with Crippen molar-refractivity contribution >= 4 is 59.6 Å². The third-order valence-corrected chi connectivity index (χ3v) is 6.68. The van der Waals surface area contributed by atoms with Crippen molar-refractivity contribution in [3.05, 3.63) is 0 Å². The second-order valence-electron chi connectivity index (χ2n) is 4.80. The quantitative estimate of drug-likeness (QED) is 0.529. The number of amides is 2. The minimum Gasteiger partial charge on any atom is -0.273 e. The molecule has 0 heterocycles. The lowest BCUT2D eigenvalue weighted by molar-refractivity contribution is -0.131. The largest absolute Gasteiger partial charge is 0.273 e. The molecule has 4 nitrogen and oxygen atoms in total. The van der Waals surface area contributed by atoms with Crippen molar-refractivity contribution in [2.75, 3.05) is 0 Å². The van der Waals surface area contributed by atoms with Crippen LogP contribution in [0.3, 0.4) is 0 Å². The van der Waals surface area contributed by atoms with Gasteiger partial charge in [0.25, 0.3) is 5.91 Å². The van der Waals surface area contributed by atoms with Crippen LogP contribution in [0, 0.1) is 11.3 Å². The van der Waals surface area contributed by atoms with Crippen molar-refractivity contribution in [1.82, 2.24) is 10.9 Å². The summed E-state index contributed by atoms with van der Waals surface area (Å²) in [6.45, 7) is 5.67. The second kappa shape index (κ2) is 5.17. The zero-order valence-corrected chi connectivity index (χ0v) is 14.6. The first-order valence-electron chi connectivity index (χ1n) is 5.24. The number of nitrogens with one attached hydrogen (secondary N) is 2. The van der Waals surface area contributed by atoms with E-state index in [2.05, 4.69) is 58.6 Å². The molecule has 0 saturated heterocycles. The van der Waals surface area contributed by atoms with E-state index >= 15 is 0 Å². The summed E-state index contributed by atoms with van der Waals surface area (Å²) in [5, 5.41) is 0. The molecule has 1 rings (SSSR count). The molecule has 98 valence electrons. The van der Waals surface area contributed by atoms with Crippen LogP contribution in [0.2, 0.25) is 0 Å². The van der Waals surface area contributed by atoms with Crippen molar-refractivity contribution in [3.63, 3.8) is 0 Å². The molecule has 1 saturated carbocycles. The molecule has 1 aliphatic rings. The molecule has 2 amide bonds. The van der Waals surface area contributed by atoms with Crippen LogP contribution in [-0.2, 0) is 9.59 Å². The van der Waals surface area contributed by atoms with Gasteiger partial charge in [0, 0.05) is 0 Å². The molecule has 1 aliphatic carbocycles. The normalized spacial score (nSPS) is 27.5. The Balaban J connectivity index is 2.43. The first-order valence-corrected chi connectivity index (χ1v) is 7.74. The average Bonchev–Trinajstić information content (AvgIpc) is 2.74. The Morgan fingerprint density at radius 3 is 2.06 bits per heavy atom. The van der Waals surface area contributed by atoms with Crippen molar-refractivity contribution in [2.24, 2.45) is 11.3 Å². The van der Waals surface area contributed by atoms with E-state index in [1.165, 1.54) is 0 Å². The molecule has 2 N–H and O–H groups in total. The molecule has 1 fully saturated rings. The Labute approximate surface area is 126 Å². The van der Waals surface area contributed by atoms with Gasteiger partial charge in [0.1, 0.15) is 0 Å². The van der Waals surface area contributed by atoms with Gasteiger partial charge in [-0.2, -0.15) is 0 Å². The van der Waals surface area contributed by atoms with E-state index in [-0.39, 0.29) is 25.8 Å². The molecule has 0 aromatic carbocycles. The molecule has 0 aromatic heterocycles. The zero-order chi connectivity index (χ0) is 13.4. The minimum absolute atomic E-state index is 0.162. The fourth-order valence-electron chi connectivity index (χ4n) is 1.27. The van der Waals surface area contributed by atoms with Crippen LogP contribution in [-0.4, -0.2) is 19.9 Å². The van der Waals surface area contributed by atoms with Crippen molar-refractivity contribution in [3.8, 4) is 0 Å². The number of halogens is 3. The predicted molar refractivity (Wildman–Crippen MR) is 77.1 cm³/mol. The Morgan fingerprint density at radius 2 is 1.71 bits per heavy atom. The summed E-state index contributed by atoms with van der Waals surface area (Å²) in [4.78, 5) is 23.1. The molecule has 2 atom stereocenters. The van der Waals surface area contributed by atoms with E-state index < -0.39 is 5.41 Å². The van der Waals surface area contributed by atoms with Gasteiger partial charge < -0.3 is 0 Å². The highest BCUT2D eigenvalue weighted by Crippen LogP contribution is 2.66. The third-order valence-electron chi connectivity index (χ3n) is 2.89. The van der Waals surface area contributed by atoms with Gasteiger partial charge in [-0.3, -0.25) is 20.4 Å². The van der Waals surface area contributed by atoms with E-state index in [1.54, 1.807) is 0 Å². The maximum Gasteiger partial charge on any atom is 0.252 e. The van der Waals surface area contributed by atoms with Gasteiger partial charge in [-0.05, 0) is 19.3 Å². The molecule has 0 aromatic rings. The van der Waals surface area contributed by atoms with Crippen LogP contribution >= 0.6 is 47.8 Å². The smallest absolute Gasteiger partial charge is 0.252 e. The molecule has 0 unspecified atom stereocenters. The van der Waals surface area contributed by atoms with Crippen molar-refractivity contribution < 1.29 is 9.59 Å². The maximum atomic E-state index is 11.8. The molecule has 0 spiro atoms. The third kappa shape index (κ3) is 3.23. The lowest BCUT2D eigenvalue weighted by atomic mass is 10.1. The highest BCUT2D eigenvalue weighted by Gasteiger charge is 2.66. The second-order valence-corrected chi connectivity index (χ2v) is 9.56. The van der Waals surface area contributed by atoms with E-state index in [0.717, 1.165) is 0 Å². The lowest BCUT2D eigenvalue weighted by Crippen LogP contribution is -2.49. The molecule has 7 heteroatoms. The SMILES string of the molecule is CC(C)[C@@H](Br)C(=O)NNC(=O)[C@]1(C)CC1(Br)Br. The summed E-state index contributed by atoms with van der Waals surface area (Å²) >= 11 is 10.1. The van der Waals surface area contributed by atoms with Gasteiger partial charge in [-0.1, -0.05) is 61.6 Å². The van der Waals surface area contributed by atoms with Crippen LogP contribution in [0.4, 0.5) is 0 Å². The van der Waals surface area contributed by atoms with E-state index in [1.807, 2.05) is 20.8 Å².